The van der Waals surface area contributed by atoms with E-state index in [-0.39, 0.29) is 0 Å². The molecule has 0 radical (unpaired) electrons. The summed E-state index contributed by atoms with van der Waals surface area (Å²) in [5.74, 6) is 2.03. The maximum absolute atomic E-state index is 6.07. The first-order valence-corrected chi connectivity index (χ1v) is 10.8. The Morgan fingerprint density at radius 1 is 1.33 bits per heavy atom. The summed E-state index contributed by atoms with van der Waals surface area (Å²) in [5, 5.41) is 7.21. The van der Waals surface area contributed by atoms with Gasteiger partial charge in [0.15, 0.2) is 5.96 Å². The molecule has 1 aromatic rings. The van der Waals surface area contributed by atoms with Crippen LogP contribution in [0, 0.1) is 12.3 Å². The summed E-state index contributed by atoms with van der Waals surface area (Å²) in [7, 11) is 1.87. The highest BCUT2D eigenvalue weighted by Gasteiger charge is 2.55. The lowest BCUT2D eigenvalue weighted by Gasteiger charge is -2.57. The summed E-state index contributed by atoms with van der Waals surface area (Å²) in [6.45, 7) is 6.97. The van der Waals surface area contributed by atoms with Crippen LogP contribution in [0.4, 0.5) is 0 Å². The number of hydrogen-bond donors (Lipinski definition) is 2. The molecule has 2 aliphatic rings. The lowest BCUT2D eigenvalue weighted by molar-refractivity contribution is -0.145. The molecular formula is C21H37N5O. The summed E-state index contributed by atoms with van der Waals surface area (Å²) < 4.78 is 8.28. The third-order valence-electron chi connectivity index (χ3n) is 6.51. The smallest absolute Gasteiger partial charge is 0.191 e. The monoisotopic (exact) mass is 375 g/mol. The van der Waals surface area contributed by atoms with Crippen molar-refractivity contribution in [1.82, 2.24) is 20.2 Å². The topological polar surface area (TPSA) is 63.5 Å². The number of nitrogens with one attached hydrogen (secondary N) is 2. The summed E-state index contributed by atoms with van der Waals surface area (Å²) in [4.78, 5) is 8.73. The van der Waals surface area contributed by atoms with Crippen molar-refractivity contribution in [2.24, 2.45) is 10.4 Å². The minimum atomic E-state index is 0.324. The SMILES string of the molecule is CCOC1CC(NC(=NC)NCCCCn2ccnc2C)C12CCCCC2. The van der Waals surface area contributed by atoms with Crippen molar-refractivity contribution in [2.45, 2.75) is 83.9 Å². The largest absolute Gasteiger partial charge is 0.378 e. The van der Waals surface area contributed by atoms with Gasteiger partial charge in [-0.15, -0.1) is 0 Å². The molecule has 1 heterocycles. The van der Waals surface area contributed by atoms with Gasteiger partial charge in [-0.25, -0.2) is 4.98 Å². The molecule has 0 aliphatic heterocycles. The highest BCUT2D eigenvalue weighted by atomic mass is 16.5. The molecule has 0 amide bonds. The lowest BCUT2D eigenvalue weighted by atomic mass is 9.55. The van der Waals surface area contributed by atoms with Gasteiger partial charge in [0.05, 0.1) is 6.10 Å². The molecule has 0 aromatic carbocycles. The van der Waals surface area contributed by atoms with E-state index < -0.39 is 0 Å². The second kappa shape index (κ2) is 9.58. The van der Waals surface area contributed by atoms with Crippen LogP contribution in [0.2, 0.25) is 0 Å². The number of rotatable bonds is 8. The molecule has 0 bridgehead atoms. The van der Waals surface area contributed by atoms with Crippen molar-refractivity contribution in [3.05, 3.63) is 18.2 Å². The predicted molar refractivity (Wildman–Crippen MR) is 110 cm³/mol. The fraction of sp³-hybridized carbons (Fsp3) is 0.810. The van der Waals surface area contributed by atoms with Crippen molar-refractivity contribution in [2.75, 3.05) is 20.2 Å². The number of unbranched alkanes of at least 4 members (excludes halogenated alkanes) is 1. The van der Waals surface area contributed by atoms with E-state index in [0.29, 0.717) is 17.6 Å². The van der Waals surface area contributed by atoms with E-state index in [2.05, 4.69) is 45.2 Å². The van der Waals surface area contributed by atoms with Crippen molar-refractivity contribution in [1.29, 1.82) is 0 Å². The number of guanidine groups is 1. The first kappa shape index (κ1) is 20.2. The van der Waals surface area contributed by atoms with Crippen LogP contribution in [-0.2, 0) is 11.3 Å². The summed E-state index contributed by atoms with van der Waals surface area (Å²) in [6.07, 6.45) is 14.3. The van der Waals surface area contributed by atoms with E-state index in [1.165, 1.54) is 32.1 Å². The molecule has 152 valence electrons. The fourth-order valence-corrected chi connectivity index (χ4v) is 4.88. The van der Waals surface area contributed by atoms with Gasteiger partial charge >= 0.3 is 0 Å². The van der Waals surface area contributed by atoms with Crippen LogP contribution in [0.1, 0.15) is 64.1 Å². The molecule has 6 nitrogen and oxygen atoms in total. The Bertz CT molecular complexity index is 605. The van der Waals surface area contributed by atoms with Gasteiger partial charge in [-0.2, -0.15) is 0 Å². The third kappa shape index (κ3) is 4.65. The van der Waals surface area contributed by atoms with Gasteiger partial charge in [-0.05, 0) is 46.0 Å². The standard InChI is InChI=1S/C21H37N5O/c1-4-27-19-16-18(21(19)10-6-5-7-11-21)25-20(22-3)24-12-8-9-14-26-15-13-23-17(26)2/h13,15,18-19H,4-12,14,16H2,1-3H3,(H2,22,24,25). The molecule has 0 saturated heterocycles. The Hall–Kier alpha value is -1.56. The Morgan fingerprint density at radius 2 is 2.15 bits per heavy atom. The Labute approximate surface area is 164 Å². The fourth-order valence-electron chi connectivity index (χ4n) is 4.88. The summed E-state index contributed by atoms with van der Waals surface area (Å²) in [6, 6.07) is 0.495. The minimum Gasteiger partial charge on any atom is -0.378 e. The molecule has 2 saturated carbocycles. The molecule has 2 unspecified atom stereocenters. The van der Waals surface area contributed by atoms with Gasteiger partial charge in [0.25, 0.3) is 0 Å². The number of aryl methyl sites for hydroxylation is 2. The number of imidazole rings is 1. The second-order valence-electron chi connectivity index (χ2n) is 8.04. The van der Waals surface area contributed by atoms with Crippen LogP contribution < -0.4 is 10.6 Å². The number of ether oxygens (including phenoxy) is 1. The highest BCUT2D eigenvalue weighted by molar-refractivity contribution is 5.80. The molecule has 2 atom stereocenters. The quantitative estimate of drug-likeness (QED) is 0.416. The van der Waals surface area contributed by atoms with E-state index in [1.54, 1.807) is 0 Å². The maximum atomic E-state index is 6.07. The second-order valence-corrected chi connectivity index (χ2v) is 8.04. The van der Waals surface area contributed by atoms with E-state index in [9.17, 15) is 0 Å². The zero-order chi connectivity index (χ0) is 19.1. The lowest BCUT2D eigenvalue weighted by Crippen LogP contribution is -2.66. The van der Waals surface area contributed by atoms with Crippen molar-refractivity contribution >= 4 is 5.96 Å². The number of aliphatic imine (C=N–C) groups is 1. The van der Waals surface area contributed by atoms with Crippen LogP contribution in [0.15, 0.2) is 17.4 Å². The van der Waals surface area contributed by atoms with Gasteiger partial charge in [-0.1, -0.05) is 19.3 Å². The molecule has 1 spiro atoms. The Kier molecular flexibility index (Phi) is 7.16. The molecule has 1 aromatic heterocycles. The number of nitrogens with zero attached hydrogens (tertiary/aromatic N) is 3. The maximum Gasteiger partial charge on any atom is 0.191 e. The van der Waals surface area contributed by atoms with Crippen molar-refractivity contribution < 1.29 is 4.74 Å². The predicted octanol–water partition coefficient (Wildman–Crippen LogP) is 3.26. The molecule has 2 fully saturated rings. The number of hydrogen-bond acceptors (Lipinski definition) is 3. The first-order chi connectivity index (χ1) is 13.2. The van der Waals surface area contributed by atoms with Crippen molar-refractivity contribution in [3.8, 4) is 0 Å². The van der Waals surface area contributed by atoms with E-state index in [4.69, 9.17) is 4.74 Å². The van der Waals surface area contributed by atoms with Crippen LogP contribution in [0.3, 0.4) is 0 Å². The zero-order valence-corrected chi connectivity index (χ0v) is 17.3. The molecule has 6 heteroatoms. The van der Waals surface area contributed by atoms with Crippen LogP contribution in [0.5, 0.6) is 0 Å². The average Bonchev–Trinajstić information content (AvgIpc) is 3.10. The van der Waals surface area contributed by atoms with Gasteiger partial charge in [0, 0.05) is 50.6 Å². The molecule has 27 heavy (non-hydrogen) atoms. The van der Waals surface area contributed by atoms with Gasteiger partial charge in [0.2, 0.25) is 0 Å². The normalized spacial score (nSPS) is 24.6. The van der Waals surface area contributed by atoms with Crippen LogP contribution in [-0.4, -0.2) is 47.9 Å². The zero-order valence-electron chi connectivity index (χ0n) is 17.3. The molecule has 2 N–H and O–H groups in total. The summed E-state index contributed by atoms with van der Waals surface area (Å²) in [5.41, 5.74) is 0.324. The Morgan fingerprint density at radius 3 is 2.81 bits per heavy atom. The molecule has 2 aliphatic carbocycles. The summed E-state index contributed by atoms with van der Waals surface area (Å²) >= 11 is 0. The average molecular weight is 376 g/mol. The molecular weight excluding hydrogens is 338 g/mol. The van der Waals surface area contributed by atoms with E-state index >= 15 is 0 Å². The van der Waals surface area contributed by atoms with Gasteiger partial charge < -0.3 is 19.9 Å². The van der Waals surface area contributed by atoms with Crippen molar-refractivity contribution in [3.63, 3.8) is 0 Å². The van der Waals surface area contributed by atoms with Gasteiger partial charge in [-0.3, -0.25) is 4.99 Å². The minimum absolute atomic E-state index is 0.324. The van der Waals surface area contributed by atoms with Gasteiger partial charge in [0.1, 0.15) is 5.82 Å². The van der Waals surface area contributed by atoms with E-state index in [1.807, 2.05) is 13.2 Å². The third-order valence-corrected chi connectivity index (χ3v) is 6.51. The number of aromatic nitrogens is 2. The van der Waals surface area contributed by atoms with Crippen LogP contribution in [0.25, 0.3) is 0 Å². The molecule has 3 rings (SSSR count). The highest BCUT2D eigenvalue weighted by Crippen LogP contribution is 2.53. The van der Waals surface area contributed by atoms with E-state index in [0.717, 1.165) is 50.7 Å². The Balaban J connectivity index is 1.42. The van der Waals surface area contributed by atoms with Crippen LogP contribution >= 0.6 is 0 Å². The first-order valence-electron chi connectivity index (χ1n) is 10.8.